The Morgan fingerprint density at radius 1 is 1.22 bits per heavy atom. The number of hydrogen-bond donors (Lipinski definition) is 1. The Morgan fingerprint density at radius 2 is 1.94 bits per heavy atom. The van der Waals surface area contributed by atoms with Crippen LogP contribution in [0.4, 0.5) is 0 Å². The van der Waals surface area contributed by atoms with Gasteiger partial charge in [-0.15, -0.1) is 0 Å². The number of nitrogens with zero attached hydrogens (tertiary/aromatic N) is 2. The molecule has 0 heterocycles. The lowest BCUT2D eigenvalue weighted by atomic mass is 10.2. The van der Waals surface area contributed by atoms with E-state index >= 15 is 0 Å². The van der Waals surface area contributed by atoms with Crippen molar-refractivity contribution < 1.29 is 5.11 Å². The Bertz CT molecular complexity index is 369. The van der Waals surface area contributed by atoms with Gasteiger partial charge in [-0.2, -0.15) is 0 Å². The summed E-state index contributed by atoms with van der Waals surface area (Å²) >= 11 is 3.35. The van der Waals surface area contributed by atoms with Gasteiger partial charge in [-0.05, 0) is 62.1 Å². The summed E-state index contributed by atoms with van der Waals surface area (Å²) < 4.78 is 0.768. The second-order valence-corrected chi connectivity index (χ2v) is 5.63. The predicted molar refractivity (Wildman–Crippen MR) is 79.9 cm³/mol. The molecule has 18 heavy (non-hydrogen) atoms. The molecule has 1 rings (SSSR count). The van der Waals surface area contributed by atoms with Crippen LogP contribution in [0.3, 0.4) is 0 Å². The second kappa shape index (κ2) is 7.77. The molecular formula is C14H23BrN2O. The first-order chi connectivity index (χ1) is 8.54. The van der Waals surface area contributed by atoms with Crippen molar-refractivity contribution in [3.8, 4) is 5.75 Å². The van der Waals surface area contributed by atoms with E-state index in [0.29, 0.717) is 5.75 Å². The average molecular weight is 315 g/mol. The SMILES string of the molecule is CCN(CCCN(C)C)Cc1cccc(Br)c1O. The van der Waals surface area contributed by atoms with Gasteiger partial charge >= 0.3 is 0 Å². The first kappa shape index (κ1) is 15.5. The molecule has 102 valence electrons. The third-order valence-electron chi connectivity index (χ3n) is 2.99. The number of phenolic OH excluding ortho intramolecular Hbond substituents is 1. The highest BCUT2D eigenvalue weighted by molar-refractivity contribution is 9.10. The van der Waals surface area contributed by atoms with Gasteiger partial charge in [0.1, 0.15) is 5.75 Å². The van der Waals surface area contributed by atoms with Gasteiger partial charge < -0.3 is 10.0 Å². The summed E-state index contributed by atoms with van der Waals surface area (Å²) in [5.41, 5.74) is 0.982. The van der Waals surface area contributed by atoms with Crippen molar-refractivity contribution in [3.63, 3.8) is 0 Å². The van der Waals surface area contributed by atoms with Gasteiger partial charge in [0.25, 0.3) is 0 Å². The zero-order valence-corrected chi connectivity index (χ0v) is 13.1. The van der Waals surface area contributed by atoms with Crippen molar-refractivity contribution in [2.24, 2.45) is 0 Å². The fourth-order valence-electron chi connectivity index (χ4n) is 1.89. The summed E-state index contributed by atoms with van der Waals surface area (Å²) in [5.74, 6) is 0.364. The molecule has 1 N–H and O–H groups in total. The fraction of sp³-hybridized carbons (Fsp3) is 0.571. The molecule has 4 heteroatoms. The number of rotatable bonds is 7. The van der Waals surface area contributed by atoms with Crippen LogP contribution in [0, 0.1) is 0 Å². The fourth-order valence-corrected chi connectivity index (χ4v) is 2.30. The number of aromatic hydroxyl groups is 1. The summed E-state index contributed by atoms with van der Waals surface area (Å²) in [5, 5.41) is 9.97. The van der Waals surface area contributed by atoms with Gasteiger partial charge in [0.2, 0.25) is 0 Å². The van der Waals surface area contributed by atoms with Crippen LogP contribution < -0.4 is 0 Å². The van der Waals surface area contributed by atoms with Gasteiger partial charge in [-0.3, -0.25) is 4.90 Å². The minimum Gasteiger partial charge on any atom is -0.506 e. The highest BCUT2D eigenvalue weighted by Gasteiger charge is 2.09. The van der Waals surface area contributed by atoms with E-state index in [0.717, 1.165) is 42.6 Å². The maximum Gasteiger partial charge on any atom is 0.134 e. The quantitative estimate of drug-likeness (QED) is 0.838. The Morgan fingerprint density at radius 3 is 2.56 bits per heavy atom. The van der Waals surface area contributed by atoms with Crippen LogP contribution in [0.25, 0.3) is 0 Å². The summed E-state index contributed by atoms with van der Waals surface area (Å²) in [6.45, 7) is 6.11. The molecule has 0 aliphatic carbocycles. The summed E-state index contributed by atoms with van der Waals surface area (Å²) in [6.07, 6.45) is 1.15. The molecule has 0 fully saturated rings. The third kappa shape index (κ3) is 4.96. The molecule has 1 aromatic rings. The molecule has 0 saturated heterocycles. The molecular weight excluding hydrogens is 292 g/mol. The van der Waals surface area contributed by atoms with Gasteiger partial charge in [-0.25, -0.2) is 0 Å². The van der Waals surface area contributed by atoms with Crippen LogP contribution >= 0.6 is 15.9 Å². The van der Waals surface area contributed by atoms with Crippen molar-refractivity contribution in [2.75, 3.05) is 33.7 Å². The predicted octanol–water partition coefficient (Wildman–Crippen LogP) is 2.93. The monoisotopic (exact) mass is 314 g/mol. The summed E-state index contributed by atoms with van der Waals surface area (Å²) in [7, 11) is 4.19. The lowest BCUT2D eigenvalue weighted by Gasteiger charge is -2.22. The molecule has 0 spiro atoms. The zero-order chi connectivity index (χ0) is 13.5. The first-order valence-electron chi connectivity index (χ1n) is 6.38. The number of para-hydroxylation sites is 1. The number of halogens is 1. The van der Waals surface area contributed by atoms with Crippen LogP contribution in [0.5, 0.6) is 5.75 Å². The minimum absolute atomic E-state index is 0.364. The molecule has 0 aliphatic rings. The molecule has 0 aromatic heterocycles. The van der Waals surface area contributed by atoms with E-state index in [-0.39, 0.29) is 0 Å². The van der Waals surface area contributed by atoms with E-state index in [1.807, 2.05) is 18.2 Å². The van der Waals surface area contributed by atoms with Crippen molar-refractivity contribution in [3.05, 3.63) is 28.2 Å². The highest BCUT2D eigenvalue weighted by Crippen LogP contribution is 2.28. The first-order valence-corrected chi connectivity index (χ1v) is 7.17. The van der Waals surface area contributed by atoms with E-state index in [4.69, 9.17) is 0 Å². The molecule has 0 bridgehead atoms. The standard InChI is InChI=1S/C14H23BrN2O/c1-4-17(10-6-9-16(2)3)11-12-7-5-8-13(15)14(12)18/h5,7-8,18H,4,6,9-11H2,1-3H3. The third-order valence-corrected chi connectivity index (χ3v) is 3.63. The number of phenols is 1. The Hall–Kier alpha value is -0.580. The topological polar surface area (TPSA) is 26.7 Å². The van der Waals surface area contributed by atoms with Gasteiger partial charge in [0, 0.05) is 12.1 Å². The minimum atomic E-state index is 0.364. The molecule has 0 atom stereocenters. The molecule has 0 aliphatic heterocycles. The van der Waals surface area contributed by atoms with Crippen LogP contribution in [-0.4, -0.2) is 48.6 Å². The van der Waals surface area contributed by atoms with E-state index in [9.17, 15) is 5.11 Å². The summed E-state index contributed by atoms with van der Waals surface area (Å²) in [4.78, 5) is 4.55. The van der Waals surface area contributed by atoms with E-state index in [1.165, 1.54) is 0 Å². The maximum atomic E-state index is 9.97. The van der Waals surface area contributed by atoms with Crippen molar-refractivity contribution >= 4 is 15.9 Å². The molecule has 3 nitrogen and oxygen atoms in total. The van der Waals surface area contributed by atoms with E-state index in [1.54, 1.807) is 0 Å². The Labute approximate surface area is 119 Å². The maximum absolute atomic E-state index is 9.97. The van der Waals surface area contributed by atoms with Crippen molar-refractivity contribution in [1.82, 2.24) is 9.80 Å². The van der Waals surface area contributed by atoms with E-state index in [2.05, 4.69) is 46.7 Å². The summed E-state index contributed by atoms with van der Waals surface area (Å²) in [6, 6.07) is 5.81. The smallest absolute Gasteiger partial charge is 0.134 e. The Balaban J connectivity index is 2.54. The largest absolute Gasteiger partial charge is 0.506 e. The highest BCUT2D eigenvalue weighted by atomic mass is 79.9. The van der Waals surface area contributed by atoms with E-state index < -0.39 is 0 Å². The average Bonchev–Trinajstić information content (AvgIpc) is 2.33. The number of hydrogen-bond acceptors (Lipinski definition) is 3. The van der Waals surface area contributed by atoms with Gasteiger partial charge in [0.15, 0.2) is 0 Å². The van der Waals surface area contributed by atoms with Gasteiger partial charge in [0.05, 0.1) is 4.47 Å². The lowest BCUT2D eigenvalue weighted by molar-refractivity contribution is 0.256. The van der Waals surface area contributed by atoms with Gasteiger partial charge in [-0.1, -0.05) is 19.1 Å². The normalized spacial score (nSPS) is 11.4. The lowest BCUT2D eigenvalue weighted by Crippen LogP contribution is -2.26. The zero-order valence-electron chi connectivity index (χ0n) is 11.5. The van der Waals surface area contributed by atoms with Crippen LogP contribution in [-0.2, 0) is 6.54 Å². The van der Waals surface area contributed by atoms with Crippen molar-refractivity contribution in [2.45, 2.75) is 19.9 Å². The van der Waals surface area contributed by atoms with Crippen LogP contribution in [0.15, 0.2) is 22.7 Å². The Kier molecular flexibility index (Phi) is 6.68. The van der Waals surface area contributed by atoms with Crippen LogP contribution in [0.2, 0.25) is 0 Å². The molecule has 0 unspecified atom stereocenters. The van der Waals surface area contributed by atoms with Crippen molar-refractivity contribution in [1.29, 1.82) is 0 Å². The molecule has 0 radical (unpaired) electrons. The second-order valence-electron chi connectivity index (χ2n) is 4.77. The number of benzene rings is 1. The molecule has 0 saturated carbocycles. The molecule has 1 aromatic carbocycles. The molecule has 0 amide bonds. The van der Waals surface area contributed by atoms with Crippen LogP contribution in [0.1, 0.15) is 18.9 Å².